The van der Waals surface area contributed by atoms with Gasteiger partial charge in [-0.15, -0.1) is 0 Å². The van der Waals surface area contributed by atoms with Crippen LogP contribution in [0.15, 0.2) is 12.3 Å². The topological polar surface area (TPSA) is 43.8 Å². The van der Waals surface area contributed by atoms with Crippen molar-refractivity contribution >= 4 is 0 Å². The normalized spacial score (nSPS) is 14.2. The van der Waals surface area contributed by atoms with Gasteiger partial charge >= 0.3 is 0 Å². The smallest absolute Gasteiger partial charge is 0.0492 e. The van der Waals surface area contributed by atoms with Crippen molar-refractivity contribution in [1.82, 2.24) is 9.78 Å². The second-order valence-corrected chi connectivity index (χ2v) is 4.93. The van der Waals surface area contributed by atoms with Crippen LogP contribution in [0.1, 0.15) is 39.3 Å². The molecule has 1 aromatic rings. The lowest BCUT2D eigenvalue weighted by Gasteiger charge is -2.30. The first-order valence-corrected chi connectivity index (χ1v) is 5.70. The molecule has 0 saturated heterocycles. The van der Waals surface area contributed by atoms with Gasteiger partial charge in [-0.2, -0.15) is 5.10 Å². The minimum atomic E-state index is 0.235. The van der Waals surface area contributed by atoms with E-state index in [0.29, 0.717) is 0 Å². The summed E-state index contributed by atoms with van der Waals surface area (Å²) in [6.07, 6.45) is 5.01. The van der Waals surface area contributed by atoms with Crippen LogP contribution in [-0.2, 0) is 13.5 Å². The Bertz CT molecular complexity index is 302. The van der Waals surface area contributed by atoms with Crippen molar-refractivity contribution < 1.29 is 0 Å². The van der Waals surface area contributed by atoms with Crippen LogP contribution in [0.25, 0.3) is 0 Å². The molecule has 0 aliphatic rings. The zero-order valence-corrected chi connectivity index (χ0v) is 10.3. The largest absolute Gasteiger partial charge is 0.327 e. The lowest BCUT2D eigenvalue weighted by atomic mass is 9.80. The van der Waals surface area contributed by atoms with Gasteiger partial charge in [-0.3, -0.25) is 4.68 Å². The second-order valence-electron chi connectivity index (χ2n) is 4.93. The number of nitrogens with two attached hydrogens (primary N) is 1. The molecule has 0 bridgehead atoms. The Balaban J connectivity index is 2.48. The van der Waals surface area contributed by atoms with Crippen molar-refractivity contribution in [3.63, 3.8) is 0 Å². The van der Waals surface area contributed by atoms with E-state index in [0.717, 1.165) is 19.3 Å². The van der Waals surface area contributed by atoms with Gasteiger partial charge in [0.15, 0.2) is 0 Å². The first-order chi connectivity index (χ1) is 6.97. The van der Waals surface area contributed by atoms with Gasteiger partial charge < -0.3 is 5.73 Å². The van der Waals surface area contributed by atoms with E-state index < -0.39 is 0 Å². The Morgan fingerprint density at radius 3 is 2.67 bits per heavy atom. The number of rotatable bonds is 5. The third-order valence-electron chi connectivity index (χ3n) is 3.55. The molecule has 0 saturated carbocycles. The molecule has 15 heavy (non-hydrogen) atoms. The summed E-state index contributed by atoms with van der Waals surface area (Å²) in [6, 6.07) is 2.32. The first-order valence-electron chi connectivity index (χ1n) is 5.70. The van der Waals surface area contributed by atoms with E-state index in [1.165, 1.54) is 5.69 Å². The standard InChI is InChI=1S/C12H23N3/c1-5-12(2,3)11(13)7-6-10-8-9-14-15(10)4/h8-9,11H,5-7,13H2,1-4H3. The molecular formula is C12H23N3. The number of nitrogens with zero attached hydrogens (tertiary/aromatic N) is 2. The summed E-state index contributed by atoms with van der Waals surface area (Å²) >= 11 is 0. The van der Waals surface area contributed by atoms with E-state index in [1.807, 2.05) is 17.9 Å². The predicted octanol–water partition coefficient (Wildman–Crippen LogP) is 2.12. The molecule has 1 heterocycles. The molecule has 1 aromatic heterocycles. The second kappa shape index (κ2) is 4.79. The van der Waals surface area contributed by atoms with Crippen LogP contribution in [0, 0.1) is 5.41 Å². The van der Waals surface area contributed by atoms with Gasteiger partial charge in [0.25, 0.3) is 0 Å². The quantitative estimate of drug-likeness (QED) is 0.807. The highest BCUT2D eigenvalue weighted by Crippen LogP contribution is 2.25. The van der Waals surface area contributed by atoms with Crippen LogP contribution in [0.3, 0.4) is 0 Å². The maximum Gasteiger partial charge on any atom is 0.0492 e. The Labute approximate surface area is 92.7 Å². The maximum atomic E-state index is 6.20. The van der Waals surface area contributed by atoms with Crippen molar-refractivity contribution in [2.24, 2.45) is 18.2 Å². The molecule has 3 nitrogen and oxygen atoms in total. The molecule has 0 spiro atoms. The molecule has 86 valence electrons. The minimum Gasteiger partial charge on any atom is -0.327 e. The van der Waals surface area contributed by atoms with Crippen LogP contribution >= 0.6 is 0 Å². The predicted molar refractivity (Wildman–Crippen MR) is 63.6 cm³/mol. The fourth-order valence-corrected chi connectivity index (χ4v) is 1.60. The summed E-state index contributed by atoms with van der Waals surface area (Å²) in [5, 5.41) is 4.15. The van der Waals surface area contributed by atoms with Crippen molar-refractivity contribution in [2.45, 2.75) is 46.1 Å². The van der Waals surface area contributed by atoms with Gasteiger partial charge in [-0.1, -0.05) is 20.8 Å². The Kier molecular flexibility index (Phi) is 3.91. The zero-order valence-electron chi connectivity index (χ0n) is 10.3. The van der Waals surface area contributed by atoms with Crippen molar-refractivity contribution in [2.75, 3.05) is 0 Å². The summed E-state index contributed by atoms with van der Waals surface area (Å²) in [7, 11) is 1.98. The number of hydrogen-bond acceptors (Lipinski definition) is 2. The fourth-order valence-electron chi connectivity index (χ4n) is 1.60. The van der Waals surface area contributed by atoms with Crippen molar-refractivity contribution in [1.29, 1.82) is 0 Å². The monoisotopic (exact) mass is 209 g/mol. The summed E-state index contributed by atoms with van der Waals surface area (Å²) in [6.45, 7) is 6.67. The average molecular weight is 209 g/mol. The number of hydrogen-bond donors (Lipinski definition) is 1. The van der Waals surface area contributed by atoms with Crippen LogP contribution in [0.2, 0.25) is 0 Å². The van der Waals surface area contributed by atoms with Crippen LogP contribution in [-0.4, -0.2) is 15.8 Å². The van der Waals surface area contributed by atoms with Crippen molar-refractivity contribution in [3.8, 4) is 0 Å². The van der Waals surface area contributed by atoms with Gasteiger partial charge in [-0.05, 0) is 30.7 Å². The minimum absolute atomic E-state index is 0.235. The molecule has 1 unspecified atom stereocenters. The lowest BCUT2D eigenvalue weighted by molar-refractivity contribution is 0.262. The SMILES string of the molecule is CCC(C)(C)C(N)CCc1ccnn1C. The van der Waals surface area contributed by atoms with Gasteiger partial charge in [0.1, 0.15) is 0 Å². The molecular weight excluding hydrogens is 186 g/mol. The Hall–Kier alpha value is -0.830. The first kappa shape index (κ1) is 12.2. The van der Waals surface area contributed by atoms with E-state index in [9.17, 15) is 0 Å². The molecule has 2 N–H and O–H groups in total. The molecule has 0 aromatic carbocycles. The van der Waals surface area contributed by atoms with Crippen LogP contribution < -0.4 is 5.73 Å². The molecule has 1 atom stereocenters. The summed E-state index contributed by atoms with van der Waals surface area (Å²) in [5.41, 5.74) is 7.70. The van der Waals surface area contributed by atoms with Crippen molar-refractivity contribution in [3.05, 3.63) is 18.0 Å². The number of aryl methyl sites for hydroxylation is 2. The van der Waals surface area contributed by atoms with E-state index in [-0.39, 0.29) is 11.5 Å². The van der Waals surface area contributed by atoms with E-state index in [2.05, 4.69) is 31.9 Å². The van der Waals surface area contributed by atoms with E-state index in [4.69, 9.17) is 5.73 Å². The molecule has 0 amide bonds. The zero-order chi connectivity index (χ0) is 11.5. The third kappa shape index (κ3) is 3.06. The molecule has 0 radical (unpaired) electrons. The van der Waals surface area contributed by atoms with E-state index in [1.54, 1.807) is 0 Å². The molecule has 0 fully saturated rings. The van der Waals surface area contributed by atoms with Gasteiger partial charge in [0, 0.05) is 25.0 Å². The van der Waals surface area contributed by atoms with E-state index >= 15 is 0 Å². The maximum absolute atomic E-state index is 6.20. The third-order valence-corrected chi connectivity index (χ3v) is 3.55. The molecule has 0 aliphatic carbocycles. The molecule has 0 aliphatic heterocycles. The van der Waals surface area contributed by atoms with Gasteiger partial charge in [0.05, 0.1) is 0 Å². The molecule has 3 heteroatoms. The van der Waals surface area contributed by atoms with Gasteiger partial charge in [-0.25, -0.2) is 0 Å². The van der Waals surface area contributed by atoms with Gasteiger partial charge in [0.2, 0.25) is 0 Å². The highest BCUT2D eigenvalue weighted by molar-refractivity contribution is 5.00. The highest BCUT2D eigenvalue weighted by Gasteiger charge is 2.23. The Morgan fingerprint density at radius 1 is 1.53 bits per heavy atom. The van der Waals surface area contributed by atoms with Crippen LogP contribution in [0.5, 0.6) is 0 Å². The summed E-state index contributed by atoms with van der Waals surface area (Å²) in [5.74, 6) is 0. The fraction of sp³-hybridized carbons (Fsp3) is 0.750. The summed E-state index contributed by atoms with van der Waals surface area (Å²) in [4.78, 5) is 0. The van der Waals surface area contributed by atoms with Crippen LogP contribution in [0.4, 0.5) is 0 Å². The average Bonchev–Trinajstić information content (AvgIpc) is 2.60. The molecule has 1 rings (SSSR count). The Morgan fingerprint density at radius 2 is 2.20 bits per heavy atom. The highest BCUT2D eigenvalue weighted by atomic mass is 15.2. The number of aromatic nitrogens is 2. The summed E-state index contributed by atoms with van der Waals surface area (Å²) < 4.78 is 1.92. The lowest BCUT2D eigenvalue weighted by Crippen LogP contribution is -2.37.